The maximum Gasteiger partial charge on any atom is 0.407 e. The predicted octanol–water partition coefficient (Wildman–Crippen LogP) is 3.50. The van der Waals surface area contributed by atoms with E-state index in [2.05, 4.69) is 18.2 Å². The second kappa shape index (κ2) is 10.2. The maximum atomic E-state index is 12.7. The zero-order chi connectivity index (χ0) is 21.6. The number of rotatable bonds is 5. The molecule has 2 fully saturated rings. The molecule has 0 radical (unpaired) electrons. The Labute approximate surface area is 183 Å². The van der Waals surface area contributed by atoms with Gasteiger partial charge in [0.1, 0.15) is 5.75 Å². The third kappa shape index (κ3) is 5.58. The summed E-state index contributed by atoms with van der Waals surface area (Å²) in [4.78, 5) is 27.1. The molecule has 7 nitrogen and oxygen atoms in total. The molecule has 2 amide bonds. The molecule has 7 heteroatoms. The van der Waals surface area contributed by atoms with Gasteiger partial charge in [0.25, 0.3) is 0 Å². The molecule has 168 valence electrons. The summed E-state index contributed by atoms with van der Waals surface area (Å²) >= 11 is 0. The molecule has 0 saturated carbocycles. The average molecular weight is 429 g/mol. The third-order valence-electron chi connectivity index (χ3n) is 6.68. The molecule has 1 aromatic carbocycles. The number of amides is 2. The van der Waals surface area contributed by atoms with Crippen molar-refractivity contribution < 1.29 is 24.2 Å². The van der Waals surface area contributed by atoms with Gasteiger partial charge in [0.2, 0.25) is 5.91 Å². The minimum absolute atomic E-state index is 0.0944. The molecule has 2 saturated heterocycles. The Bertz CT molecular complexity index is 793. The number of ether oxygens (including phenoxy) is 2. The molecule has 2 heterocycles. The molecule has 31 heavy (non-hydrogen) atoms. The van der Waals surface area contributed by atoms with Crippen LogP contribution in [0.5, 0.6) is 5.75 Å². The van der Waals surface area contributed by atoms with E-state index in [0.717, 1.165) is 37.9 Å². The minimum atomic E-state index is -0.830. The smallest absolute Gasteiger partial charge is 0.407 e. The zero-order valence-electron chi connectivity index (χ0n) is 18.0. The van der Waals surface area contributed by atoms with Crippen LogP contribution in [0.4, 0.5) is 4.79 Å². The van der Waals surface area contributed by atoms with Crippen LogP contribution in [-0.4, -0.2) is 72.9 Å². The second-order valence-electron chi connectivity index (χ2n) is 8.69. The van der Waals surface area contributed by atoms with E-state index in [1.54, 1.807) is 0 Å². The van der Waals surface area contributed by atoms with Crippen molar-refractivity contribution in [2.45, 2.75) is 32.1 Å². The first kappa shape index (κ1) is 21.7. The maximum absolute atomic E-state index is 12.7. The quantitative estimate of drug-likeness (QED) is 0.777. The number of piperidine rings is 1. The highest BCUT2D eigenvalue weighted by molar-refractivity contribution is 5.81. The highest BCUT2D eigenvalue weighted by Gasteiger charge is 2.27. The monoisotopic (exact) mass is 428 g/mol. The van der Waals surface area contributed by atoms with E-state index >= 15 is 0 Å². The lowest BCUT2D eigenvalue weighted by atomic mass is 9.85. The normalized spacial score (nSPS) is 22.7. The Kier molecular flexibility index (Phi) is 7.12. The fraction of sp³-hybridized carbons (Fsp3) is 0.583. The fourth-order valence-corrected chi connectivity index (χ4v) is 4.63. The van der Waals surface area contributed by atoms with Crippen LogP contribution in [0.25, 0.3) is 5.57 Å². The molecule has 1 aliphatic carbocycles. The van der Waals surface area contributed by atoms with Gasteiger partial charge >= 0.3 is 6.09 Å². The zero-order valence-corrected chi connectivity index (χ0v) is 18.0. The Morgan fingerprint density at radius 1 is 1.00 bits per heavy atom. The van der Waals surface area contributed by atoms with Crippen molar-refractivity contribution in [1.82, 2.24) is 9.80 Å². The predicted molar refractivity (Wildman–Crippen MR) is 117 cm³/mol. The van der Waals surface area contributed by atoms with Gasteiger partial charge in [0.15, 0.2) is 0 Å². The number of carbonyl (C=O) groups excluding carboxylic acids is 1. The molecule has 0 aromatic heterocycles. The number of carbonyl (C=O) groups is 2. The number of carboxylic acid groups (broad SMARTS) is 1. The molecule has 0 bridgehead atoms. The van der Waals surface area contributed by atoms with Gasteiger partial charge in [-0.25, -0.2) is 4.79 Å². The third-order valence-corrected chi connectivity index (χ3v) is 6.68. The van der Waals surface area contributed by atoms with Crippen molar-refractivity contribution in [3.63, 3.8) is 0 Å². The molecule has 1 N–H and O–H groups in total. The summed E-state index contributed by atoms with van der Waals surface area (Å²) in [7, 11) is 0. The van der Waals surface area contributed by atoms with Gasteiger partial charge in [-0.2, -0.15) is 0 Å². The Morgan fingerprint density at radius 3 is 2.32 bits per heavy atom. The summed E-state index contributed by atoms with van der Waals surface area (Å²) in [5.41, 5.74) is 2.50. The Hall–Kier alpha value is -2.54. The van der Waals surface area contributed by atoms with Crippen molar-refractivity contribution in [3.8, 4) is 5.75 Å². The largest absolute Gasteiger partial charge is 0.493 e. The van der Waals surface area contributed by atoms with Gasteiger partial charge in [0, 0.05) is 32.1 Å². The van der Waals surface area contributed by atoms with Crippen LogP contribution in [-0.2, 0) is 9.53 Å². The van der Waals surface area contributed by atoms with Crippen LogP contribution in [0, 0.1) is 11.8 Å². The second-order valence-corrected chi connectivity index (χ2v) is 8.69. The van der Waals surface area contributed by atoms with Gasteiger partial charge in [-0.15, -0.1) is 0 Å². The lowest BCUT2D eigenvalue weighted by Crippen LogP contribution is -2.44. The number of hydrogen-bond donors (Lipinski definition) is 1. The van der Waals surface area contributed by atoms with Gasteiger partial charge in [-0.1, -0.05) is 18.2 Å². The topological polar surface area (TPSA) is 79.3 Å². The van der Waals surface area contributed by atoms with E-state index in [1.165, 1.54) is 16.0 Å². The first-order valence-electron chi connectivity index (χ1n) is 11.4. The molecule has 4 rings (SSSR count). The van der Waals surface area contributed by atoms with Gasteiger partial charge in [0.05, 0.1) is 19.8 Å². The summed E-state index contributed by atoms with van der Waals surface area (Å²) in [6.07, 6.45) is 5.71. The summed E-state index contributed by atoms with van der Waals surface area (Å²) in [5, 5.41) is 9.03. The molecular formula is C24H32N2O5. The molecule has 1 atom stereocenters. The number of benzene rings is 1. The summed E-state index contributed by atoms with van der Waals surface area (Å²) in [6.45, 7) is 4.53. The molecular weight excluding hydrogens is 396 g/mol. The van der Waals surface area contributed by atoms with E-state index < -0.39 is 6.09 Å². The first-order chi connectivity index (χ1) is 15.1. The van der Waals surface area contributed by atoms with E-state index in [0.29, 0.717) is 51.9 Å². The van der Waals surface area contributed by atoms with Crippen molar-refractivity contribution in [3.05, 3.63) is 35.9 Å². The molecule has 1 unspecified atom stereocenters. The van der Waals surface area contributed by atoms with Crippen molar-refractivity contribution in [2.75, 3.05) is 46.0 Å². The SMILES string of the molecule is O=C(O)N1CCC(COc2ccc(C3=CCC(C(=O)N4CCOCC4)CC3)cc2)CC1. The molecule has 1 aromatic rings. The Balaban J connectivity index is 1.24. The van der Waals surface area contributed by atoms with Crippen molar-refractivity contribution in [1.29, 1.82) is 0 Å². The van der Waals surface area contributed by atoms with Crippen LogP contribution in [0.1, 0.15) is 37.7 Å². The van der Waals surface area contributed by atoms with Crippen LogP contribution in [0.2, 0.25) is 0 Å². The lowest BCUT2D eigenvalue weighted by molar-refractivity contribution is -0.139. The minimum Gasteiger partial charge on any atom is -0.493 e. The van der Waals surface area contributed by atoms with Crippen molar-refractivity contribution in [2.24, 2.45) is 11.8 Å². The van der Waals surface area contributed by atoms with E-state index in [9.17, 15) is 9.59 Å². The Morgan fingerprint density at radius 2 is 1.71 bits per heavy atom. The lowest BCUT2D eigenvalue weighted by Gasteiger charge is -2.31. The van der Waals surface area contributed by atoms with E-state index in [-0.39, 0.29) is 11.8 Å². The first-order valence-corrected chi connectivity index (χ1v) is 11.4. The molecule has 3 aliphatic rings. The van der Waals surface area contributed by atoms with Crippen LogP contribution >= 0.6 is 0 Å². The van der Waals surface area contributed by atoms with Crippen molar-refractivity contribution >= 4 is 17.6 Å². The number of morpholine rings is 1. The van der Waals surface area contributed by atoms with Crippen LogP contribution < -0.4 is 4.74 Å². The summed E-state index contributed by atoms with van der Waals surface area (Å²) in [6, 6.07) is 8.21. The van der Waals surface area contributed by atoms with E-state index in [1.807, 2.05) is 17.0 Å². The number of likely N-dealkylation sites (tertiary alicyclic amines) is 1. The molecule has 0 spiro atoms. The fourth-order valence-electron chi connectivity index (χ4n) is 4.63. The number of nitrogens with zero attached hydrogens (tertiary/aromatic N) is 2. The van der Waals surface area contributed by atoms with Crippen LogP contribution in [0.15, 0.2) is 30.3 Å². The number of allylic oxidation sites excluding steroid dienone is 2. The van der Waals surface area contributed by atoms with Gasteiger partial charge < -0.3 is 24.4 Å². The molecule has 2 aliphatic heterocycles. The van der Waals surface area contributed by atoms with Gasteiger partial charge in [-0.3, -0.25) is 4.79 Å². The summed E-state index contributed by atoms with van der Waals surface area (Å²) in [5.74, 6) is 1.62. The highest BCUT2D eigenvalue weighted by Crippen LogP contribution is 2.32. The highest BCUT2D eigenvalue weighted by atomic mass is 16.5. The average Bonchev–Trinajstić information content (AvgIpc) is 2.83. The summed E-state index contributed by atoms with van der Waals surface area (Å²) < 4.78 is 11.3. The van der Waals surface area contributed by atoms with Gasteiger partial charge in [-0.05, 0) is 61.3 Å². The number of hydrogen-bond acceptors (Lipinski definition) is 4. The van der Waals surface area contributed by atoms with Crippen LogP contribution in [0.3, 0.4) is 0 Å². The van der Waals surface area contributed by atoms with E-state index in [4.69, 9.17) is 14.6 Å². The standard InChI is InChI=1S/C24H32N2O5/c27-23(25-13-15-30-16-14-25)21-3-1-19(2-4-21)20-5-7-22(8-6-20)31-17-18-9-11-26(12-10-18)24(28)29/h1,5-8,18,21H,2-4,9-17H2,(H,28,29).